The fourth-order valence-electron chi connectivity index (χ4n) is 4.99. The van der Waals surface area contributed by atoms with Crippen molar-refractivity contribution in [2.45, 2.75) is 57.4 Å². The molecular weight excluding hydrogens is 378 g/mol. The van der Waals surface area contributed by atoms with Crippen molar-refractivity contribution in [1.82, 2.24) is 4.90 Å². The van der Waals surface area contributed by atoms with Crippen LogP contribution in [-0.4, -0.2) is 44.0 Å². The SMILES string of the molecule is CCCS(=O)(=O)CCc1ccc2c(c1)C(Cc1ccccc1)C(N1CCC1)CC2. The summed E-state index contributed by atoms with van der Waals surface area (Å²) in [4.78, 5) is 2.66. The summed E-state index contributed by atoms with van der Waals surface area (Å²) < 4.78 is 24.4. The molecule has 1 saturated heterocycles. The van der Waals surface area contributed by atoms with Crippen molar-refractivity contribution in [2.75, 3.05) is 24.6 Å². The monoisotopic (exact) mass is 411 g/mol. The Morgan fingerprint density at radius 1 is 1.00 bits per heavy atom. The summed E-state index contributed by atoms with van der Waals surface area (Å²) in [6.07, 6.45) is 6.07. The number of nitrogens with zero attached hydrogens (tertiary/aromatic N) is 1. The molecule has 0 aromatic heterocycles. The van der Waals surface area contributed by atoms with Crippen molar-refractivity contribution < 1.29 is 8.42 Å². The van der Waals surface area contributed by atoms with Crippen molar-refractivity contribution >= 4 is 9.84 Å². The first kappa shape index (κ1) is 20.6. The van der Waals surface area contributed by atoms with Crippen LogP contribution in [0.1, 0.15) is 54.4 Å². The van der Waals surface area contributed by atoms with Crippen molar-refractivity contribution in [3.63, 3.8) is 0 Å². The molecule has 2 atom stereocenters. The molecule has 2 unspecified atom stereocenters. The summed E-state index contributed by atoms with van der Waals surface area (Å²) in [6, 6.07) is 18.2. The van der Waals surface area contributed by atoms with Crippen molar-refractivity contribution in [1.29, 1.82) is 0 Å². The molecular formula is C25H33NO2S. The van der Waals surface area contributed by atoms with Gasteiger partial charge in [-0.05, 0) is 73.9 Å². The molecule has 0 spiro atoms. The van der Waals surface area contributed by atoms with E-state index in [9.17, 15) is 8.42 Å². The molecule has 0 bridgehead atoms. The van der Waals surface area contributed by atoms with E-state index in [1.165, 1.54) is 48.2 Å². The predicted molar refractivity (Wildman–Crippen MR) is 120 cm³/mol. The quantitative estimate of drug-likeness (QED) is 0.646. The minimum atomic E-state index is -2.94. The van der Waals surface area contributed by atoms with Crippen LogP contribution in [0, 0.1) is 0 Å². The Balaban J connectivity index is 1.59. The number of rotatable bonds is 8. The summed E-state index contributed by atoms with van der Waals surface area (Å²) in [5.41, 5.74) is 5.49. The fraction of sp³-hybridized carbons (Fsp3) is 0.520. The van der Waals surface area contributed by atoms with Crippen molar-refractivity contribution in [3.8, 4) is 0 Å². The third-order valence-electron chi connectivity index (χ3n) is 6.66. The van der Waals surface area contributed by atoms with Gasteiger partial charge in [-0.15, -0.1) is 0 Å². The summed E-state index contributed by atoms with van der Waals surface area (Å²) in [5, 5.41) is 0. The third-order valence-corrected chi connectivity index (χ3v) is 8.52. The van der Waals surface area contributed by atoms with Crippen LogP contribution in [0.3, 0.4) is 0 Å². The first-order chi connectivity index (χ1) is 14.1. The van der Waals surface area contributed by atoms with Gasteiger partial charge >= 0.3 is 0 Å². The van der Waals surface area contributed by atoms with Crippen LogP contribution in [0.2, 0.25) is 0 Å². The number of likely N-dealkylation sites (tertiary alicyclic amines) is 1. The van der Waals surface area contributed by atoms with E-state index < -0.39 is 9.84 Å². The highest BCUT2D eigenvalue weighted by molar-refractivity contribution is 7.91. The molecule has 0 amide bonds. The van der Waals surface area contributed by atoms with E-state index in [0.717, 1.165) is 12.8 Å². The van der Waals surface area contributed by atoms with Crippen LogP contribution < -0.4 is 0 Å². The molecule has 1 heterocycles. The largest absolute Gasteiger partial charge is 0.300 e. The van der Waals surface area contributed by atoms with Crippen LogP contribution in [0.4, 0.5) is 0 Å². The third kappa shape index (κ3) is 4.92. The molecule has 29 heavy (non-hydrogen) atoms. The topological polar surface area (TPSA) is 37.4 Å². The van der Waals surface area contributed by atoms with E-state index >= 15 is 0 Å². The second-order valence-electron chi connectivity index (χ2n) is 8.73. The zero-order chi connectivity index (χ0) is 20.3. The molecule has 1 fully saturated rings. The number of fused-ring (bicyclic) bond motifs is 1. The minimum absolute atomic E-state index is 0.262. The lowest BCUT2D eigenvalue weighted by molar-refractivity contribution is 0.0877. The summed E-state index contributed by atoms with van der Waals surface area (Å²) in [7, 11) is -2.94. The van der Waals surface area contributed by atoms with Gasteiger partial charge in [0.05, 0.1) is 5.75 Å². The maximum absolute atomic E-state index is 12.2. The number of sulfone groups is 1. The Bertz CT molecular complexity index is 919. The van der Waals surface area contributed by atoms with E-state index in [2.05, 4.69) is 53.4 Å². The van der Waals surface area contributed by atoms with Crippen LogP contribution >= 0.6 is 0 Å². The van der Waals surface area contributed by atoms with Gasteiger partial charge in [-0.25, -0.2) is 8.42 Å². The zero-order valence-electron chi connectivity index (χ0n) is 17.5. The van der Waals surface area contributed by atoms with Gasteiger partial charge in [0.2, 0.25) is 0 Å². The van der Waals surface area contributed by atoms with Crippen LogP contribution in [0.25, 0.3) is 0 Å². The average molecular weight is 412 g/mol. The summed E-state index contributed by atoms with van der Waals surface area (Å²) >= 11 is 0. The molecule has 156 valence electrons. The second kappa shape index (κ2) is 9.01. The Labute approximate surface area is 176 Å². The van der Waals surface area contributed by atoms with Gasteiger partial charge in [0, 0.05) is 17.7 Å². The van der Waals surface area contributed by atoms with Gasteiger partial charge in [0.25, 0.3) is 0 Å². The molecule has 2 aliphatic rings. The average Bonchev–Trinajstić information content (AvgIpc) is 2.67. The van der Waals surface area contributed by atoms with E-state index in [1.54, 1.807) is 0 Å². The van der Waals surface area contributed by atoms with Gasteiger partial charge in [-0.2, -0.15) is 0 Å². The normalized spacial score (nSPS) is 22.1. The summed E-state index contributed by atoms with van der Waals surface area (Å²) in [6.45, 7) is 4.38. The van der Waals surface area contributed by atoms with E-state index in [1.807, 2.05) is 6.92 Å². The molecule has 2 aromatic carbocycles. The highest BCUT2D eigenvalue weighted by Gasteiger charge is 2.35. The maximum Gasteiger partial charge on any atom is 0.150 e. The zero-order valence-corrected chi connectivity index (χ0v) is 18.3. The van der Waals surface area contributed by atoms with E-state index in [0.29, 0.717) is 30.6 Å². The molecule has 0 saturated carbocycles. The lowest BCUT2D eigenvalue weighted by atomic mass is 9.74. The van der Waals surface area contributed by atoms with Gasteiger partial charge < -0.3 is 0 Å². The van der Waals surface area contributed by atoms with Crippen LogP contribution in [0.15, 0.2) is 48.5 Å². The second-order valence-corrected chi connectivity index (χ2v) is 11.0. The standard InChI is InChI=1S/C25H33NO2S/c1-2-16-29(27,28)17-13-21-9-10-22-11-12-25(26-14-6-15-26)24(23(22)18-21)19-20-7-4-3-5-8-20/h3-5,7-10,18,24-25H,2,6,11-17,19H2,1H3. The van der Waals surface area contributed by atoms with Gasteiger partial charge in [-0.1, -0.05) is 55.5 Å². The molecule has 4 rings (SSSR count). The lowest BCUT2D eigenvalue weighted by Gasteiger charge is -2.45. The molecule has 3 nitrogen and oxygen atoms in total. The summed E-state index contributed by atoms with van der Waals surface area (Å²) in [5.74, 6) is 1.05. The predicted octanol–water partition coefficient (Wildman–Crippen LogP) is 4.40. The highest BCUT2D eigenvalue weighted by Crippen LogP contribution is 2.39. The molecule has 0 radical (unpaired) electrons. The smallest absolute Gasteiger partial charge is 0.150 e. The first-order valence-corrected chi connectivity index (χ1v) is 13.0. The highest BCUT2D eigenvalue weighted by atomic mass is 32.2. The van der Waals surface area contributed by atoms with E-state index in [4.69, 9.17) is 0 Å². The van der Waals surface area contributed by atoms with Gasteiger partial charge in [-0.3, -0.25) is 4.90 Å². The molecule has 1 aliphatic carbocycles. The van der Waals surface area contributed by atoms with Crippen LogP contribution in [0.5, 0.6) is 0 Å². The van der Waals surface area contributed by atoms with Crippen LogP contribution in [-0.2, 0) is 29.1 Å². The van der Waals surface area contributed by atoms with E-state index in [-0.39, 0.29) is 5.75 Å². The molecule has 0 N–H and O–H groups in total. The van der Waals surface area contributed by atoms with Crippen molar-refractivity contribution in [3.05, 3.63) is 70.8 Å². The molecule has 2 aromatic rings. The van der Waals surface area contributed by atoms with Gasteiger partial charge in [0.1, 0.15) is 0 Å². The minimum Gasteiger partial charge on any atom is -0.300 e. The lowest BCUT2D eigenvalue weighted by Crippen LogP contribution is -2.49. The Kier molecular flexibility index (Phi) is 6.41. The first-order valence-electron chi connectivity index (χ1n) is 11.2. The van der Waals surface area contributed by atoms with Gasteiger partial charge in [0.15, 0.2) is 9.84 Å². The number of hydrogen-bond donors (Lipinski definition) is 0. The maximum atomic E-state index is 12.2. The fourth-order valence-corrected chi connectivity index (χ4v) is 6.37. The Morgan fingerprint density at radius 2 is 1.79 bits per heavy atom. The Hall–Kier alpha value is -1.65. The van der Waals surface area contributed by atoms with Crippen molar-refractivity contribution in [2.24, 2.45) is 0 Å². The number of hydrogen-bond acceptors (Lipinski definition) is 3. The Morgan fingerprint density at radius 3 is 2.48 bits per heavy atom. The molecule has 4 heteroatoms. The molecule has 1 aliphatic heterocycles. The number of benzene rings is 2. The number of aryl methyl sites for hydroxylation is 2.